The summed E-state index contributed by atoms with van der Waals surface area (Å²) in [6.45, 7) is 1.99. The molecule has 5 amide bonds. The monoisotopic (exact) mass is 609 g/mol. The number of anilines is 1. The second-order valence-corrected chi connectivity index (χ2v) is 8.97. The van der Waals surface area contributed by atoms with E-state index in [4.69, 9.17) is 19.9 Å². The summed E-state index contributed by atoms with van der Waals surface area (Å²) in [7, 11) is 1.43. The Hall–Kier alpha value is -3.38. The minimum absolute atomic E-state index is 0.173. The lowest BCUT2D eigenvalue weighted by Crippen LogP contribution is -2.54. The lowest BCUT2D eigenvalue weighted by Gasteiger charge is -2.27. The third-order valence-electron chi connectivity index (χ3n) is 4.66. The topological polar surface area (TPSA) is 137 Å². The summed E-state index contributed by atoms with van der Waals surface area (Å²) in [6.07, 6.45) is 2.05. The van der Waals surface area contributed by atoms with E-state index >= 15 is 0 Å². The van der Waals surface area contributed by atoms with Gasteiger partial charge < -0.3 is 19.9 Å². The number of amides is 5. The molecule has 0 aromatic heterocycles. The van der Waals surface area contributed by atoms with E-state index in [1.165, 1.54) is 25.3 Å². The van der Waals surface area contributed by atoms with Crippen LogP contribution in [0.25, 0.3) is 6.08 Å². The van der Waals surface area contributed by atoms with Crippen molar-refractivity contribution in [1.82, 2.24) is 5.32 Å². The molecular formula is C23H21Br2N3O7. The molecule has 0 radical (unpaired) electrons. The maximum atomic E-state index is 13.3. The SMILES string of the molecule is CCCOc1ccc(N2C(=O)NC(=O)/C(=C/c3cc(Br)cc(Br)c3OCC(N)=O)C2=O)cc1OC. The highest BCUT2D eigenvalue weighted by Gasteiger charge is 2.37. The largest absolute Gasteiger partial charge is 0.493 e. The van der Waals surface area contributed by atoms with Crippen molar-refractivity contribution < 1.29 is 33.4 Å². The van der Waals surface area contributed by atoms with E-state index in [0.29, 0.717) is 32.6 Å². The molecule has 1 aliphatic rings. The van der Waals surface area contributed by atoms with Crippen molar-refractivity contribution in [3.05, 3.63) is 50.4 Å². The van der Waals surface area contributed by atoms with E-state index in [9.17, 15) is 19.2 Å². The highest BCUT2D eigenvalue weighted by Crippen LogP contribution is 2.36. The molecule has 1 saturated heterocycles. The van der Waals surface area contributed by atoms with Crippen LogP contribution in [-0.4, -0.2) is 44.1 Å². The summed E-state index contributed by atoms with van der Waals surface area (Å²) in [6, 6.07) is 6.87. The number of hydrogen-bond acceptors (Lipinski definition) is 7. The maximum absolute atomic E-state index is 13.3. The lowest BCUT2D eigenvalue weighted by atomic mass is 10.1. The number of nitrogens with one attached hydrogen (secondary N) is 1. The molecule has 2 aromatic rings. The molecule has 35 heavy (non-hydrogen) atoms. The number of primary amides is 1. The van der Waals surface area contributed by atoms with Gasteiger partial charge in [0.15, 0.2) is 18.1 Å². The van der Waals surface area contributed by atoms with Crippen LogP contribution in [-0.2, 0) is 14.4 Å². The first-order valence-electron chi connectivity index (χ1n) is 10.3. The molecule has 1 heterocycles. The number of methoxy groups -OCH3 is 1. The molecule has 1 aliphatic heterocycles. The van der Waals surface area contributed by atoms with Crippen LogP contribution in [0.2, 0.25) is 0 Å². The molecule has 3 rings (SSSR count). The van der Waals surface area contributed by atoms with Gasteiger partial charge in [-0.3, -0.25) is 19.7 Å². The molecule has 1 fully saturated rings. The van der Waals surface area contributed by atoms with Crippen molar-refractivity contribution in [1.29, 1.82) is 0 Å². The van der Waals surface area contributed by atoms with E-state index in [1.807, 2.05) is 6.92 Å². The van der Waals surface area contributed by atoms with Gasteiger partial charge in [0, 0.05) is 16.1 Å². The quantitative estimate of drug-likeness (QED) is 0.327. The summed E-state index contributed by atoms with van der Waals surface area (Å²) >= 11 is 6.67. The molecule has 10 nitrogen and oxygen atoms in total. The van der Waals surface area contributed by atoms with Crippen molar-refractivity contribution in [3.8, 4) is 17.2 Å². The van der Waals surface area contributed by atoms with Crippen molar-refractivity contribution in [2.24, 2.45) is 5.73 Å². The van der Waals surface area contributed by atoms with Crippen molar-refractivity contribution in [2.75, 3.05) is 25.2 Å². The van der Waals surface area contributed by atoms with Crippen LogP contribution in [0.5, 0.6) is 17.2 Å². The Bertz CT molecular complexity index is 1230. The number of barbiturate groups is 1. The number of nitrogens with two attached hydrogens (primary N) is 1. The highest BCUT2D eigenvalue weighted by atomic mass is 79.9. The van der Waals surface area contributed by atoms with E-state index in [1.54, 1.807) is 18.2 Å². The standard InChI is InChI=1S/C23H21Br2N3O7/c1-3-6-34-17-5-4-14(10-18(17)33-2)28-22(31)15(21(30)27-23(28)32)8-12-7-13(24)9-16(25)20(12)35-11-19(26)29/h4-5,7-10H,3,6,11H2,1-2H3,(H2,26,29)(H,27,30,32)/b15-8-. The molecule has 0 unspecified atom stereocenters. The fourth-order valence-corrected chi connectivity index (χ4v) is 4.53. The first-order valence-corrected chi connectivity index (χ1v) is 11.9. The minimum atomic E-state index is -0.915. The van der Waals surface area contributed by atoms with E-state index in [2.05, 4.69) is 37.2 Å². The number of hydrogen-bond donors (Lipinski definition) is 2. The van der Waals surface area contributed by atoms with Gasteiger partial charge in [0.05, 0.1) is 23.9 Å². The number of imide groups is 2. The fraction of sp³-hybridized carbons (Fsp3) is 0.217. The van der Waals surface area contributed by atoms with Gasteiger partial charge in [-0.25, -0.2) is 9.69 Å². The van der Waals surface area contributed by atoms with Gasteiger partial charge in [0.25, 0.3) is 17.7 Å². The Morgan fingerprint density at radius 1 is 1.11 bits per heavy atom. The second-order valence-electron chi connectivity index (χ2n) is 7.20. The molecule has 0 bridgehead atoms. The summed E-state index contributed by atoms with van der Waals surface area (Å²) in [5.74, 6) is -1.50. The van der Waals surface area contributed by atoms with Crippen LogP contribution >= 0.6 is 31.9 Å². The average Bonchev–Trinajstić information content (AvgIpc) is 2.79. The van der Waals surface area contributed by atoms with Crippen LogP contribution in [0.15, 0.2) is 44.9 Å². The first-order chi connectivity index (χ1) is 16.7. The predicted molar refractivity (Wildman–Crippen MR) is 134 cm³/mol. The third-order valence-corrected chi connectivity index (χ3v) is 5.71. The predicted octanol–water partition coefficient (Wildman–Crippen LogP) is 3.54. The molecule has 0 aliphatic carbocycles. The molecule has 0 atom stereocenters. The molecule has 0 saturated carbocycles. The third kappa shape index (κ3) is 6.01. The zero-order valence-electron chi connectivity index (χ0n) is 18.7. The van der Waals surface area contributed by atoms with Crippen molar-refractivity contribution in [2.45, 2.75) is 13.3 Å². The van der Waals surface area contributed by atoms with Crippen molar-refractivity contribution in [3.63, 3.8) is 0 Å². The summed E-state index contributed by atoms with van der Waals surface area (Å²) in [4.78, 5) is 50.6. The van der Waals surface area contributed by atoms with E-state index < -0.39 is 30.4 Å². The van der Waals surface area contributed by atoms with Crippen LogP contribution in [0.4, 0.5) is 10.5 Å². The van der Waals surface area contributed by atoms with Gasteiger partial charge in [-0.1, -0.05) is 22.9 Å². The van der Waals surface area contributed by atoms with Crippen LogP contribution in [0.1, 0.15) is 18.9 Å². The number of benzene rings is 2. The zero-order valence-corrected chi connectivity index (χ0v) is 21.9. The minimum Gasteiger partial charge on any atom is -0.493 e. The smallest absolute Gasteiger partial charge is 0.335 e. The number of urea groups is 1. The van der Waals surface area contributed by atoms with Gasteiger partial charge in [0.2, 0.25) is 0 Å². The average molecular weight is 611 g/mol. The van der Waals surface area contributed by atoms with Crippen molar-refractivity contribution >= 4 is 67.4 Å². The van der Waals surface area contributed by atoms with Gasteiger partial charge in [-0.2, -0.15) is 0 Å². The molecular weight excluding hydrogens is 590 g/mol. The fourth-order valence-electron chi connectivity index (χ4n) is 3.16. The Labute approximate surface area is 217 Å². The highest BCUT2D eigenvalue weighted by molar-refractivity contribution is 9.11. The van der Waals surface area contributed by atoms with Crippen LogP contribution in [0.3, 0.4) is 0 Å². The number of carbonyl (C=O) groups is 4. The number of nitrogens with zero attached hydrogens (tertiary/aromatic N) is 1. The number of halogens is 2. The summed E-state index contributed by atoms with van der Waals surface area (Å²) < 4.78 is 17.5. The molecule has 184 valence electrons. The molecule has 0 spiro atoms. The number of carbonyl (C=O) groups excluding carboxylic acids is 4. The molecule has 3 N–H and O–H groups in total. The Morgan fingerprint density at radius 3 is 2.51 bits per heavy atom. The zero-order chi connectivity index (χ0) is 25.7. The van der Waals surface area contributed by atoms with E-state index in [-0.39, 0.29) is 17.0 Å². The summed E-state index contributed by atoms with van der Waals surface area (Å²) in [5.41, 5.74) is 5.31. The van der Waals surface area contributed by atoms with Gasteiger partial charge in [-0.15, -0.1) is 0 Å². The van der Waals surface area contributed by atoms with Gasteiger partial charge >= 0.3 is 6.03 Å². The van der Waals surface area contributed by atoms with Crippen LogP contribution < -0.4 is 30.2 Å². The number of rotatable bonds is 9. The summed E-state index contributed by atoms with van der Waals surface area (Å²) in [5, 5.41) is 2.16. The molecule has 12 heteroatoms. The van der Waals surface area contributed by atoms with Crippen LogP contribution in [0, 0.1) is 0 Å². The second kappa shape index (κ2) is 11.4. The first kappa shape index (κ1) is 26.2. The van der Waals surface area contributed by atoms with Gasteiger partial charge in [-0.05, 0) is 52.7 Å². The normalized spacial score (nSPS) is 14.7. The van der Waals surface area contributed by atoms with E-state index in [0.717, 1.165) is 11.3 Å². The number of ether oxygens (including phenoxy) is 3. The Kier molecular flexibility index (Phi) is 8.52. The maximum Gasteiger partial charge on any atom is 0.335 e. The lowest BCUT2D eigenvalue weighted by molar-refractivity contribution is -0.123. The molecule has 2 aromatic carbocycles. The van der Waals surface area contributed by atoms with Gasteiger partial charge in [0.1, 0.15) is 11.3 Å². The Balaban J connectivity index is 2.04. The Morgan fingerprint density at radius 2 is 1.86 bits per heavy atom.